The average molecular weight is 352 g/mol. The third-order valence-electron chi connectivity index (χ3n) is 5.28. The van der Waals surface area contributed by atoms with Crippen molar-refractivity contribution >= 4 is 10.8 Å². The fourth-order valence-electron chi connectivity index (χ4n) is 3.98. The van der Waals surface area contributed by atoms with Gasteiger partial charge in [-0.05, 0) is 65.6 Å². The van der Waals surface area contributed by atoms with E-state index in [1.807, 2.05) is 6.92 Å². The van der Waals surface area contributed by atoms with Crippen molar-refractivity contribution in [3.8, 4) is 28.0 Å². The van der Waals surface area contributed by atoms with Gasteiger partial charge in [-0.1, -0.05) is 72.8 Å². The Hall–Kier alpha value is -3.06. The summed E-state index contributed by atoms with van der Waals surface area (Å²) in [4.78, 5) is 0. The SMILES string of the molecule is CCOc1cccc2c(-c3ccccc3)c(C)c(C)c(-c3ccccc3)c12. The second-order valence-electron chi connectivity index (χ2n) is 6.84. The van der Waals surface area contributed by atoms with Gasteiger partial charge in [0.2, 0.25) is 0 Å². The lowest BCUT2D eigenvalue weighted by Gasteiger charge is -2.21. The summed E-state index contributed by atoms with van der Waals surface area (Å²) >= 11 is 0. The molecule has 0 aliphatic rings. The van der Waals surface area contributed by atoms with Crippen LogP contribution in [0.25, 0.3) is 33.0 Å². The van der Waals surface area contributed by atoms with Crippen molar-refractivity contribution in [2.24, 2.45) is 0 Å². The maximum Gasteiger partial charge on any atom is 0.127 e. The monoisotopic (exact) mass is 352 g/mol. The average Bonchev–Trinajstić information content (AvgIpc) is 2.71. The van der Waals surface area contributed by atoms with Crippen LogP contribution in [-0.4, -0.2) is 6.61 Å². The second-order valence-corrected chi connectivity index (χ2v) is 6.84. The molecule has 0 unspecified atom stereocenters. The highest BCUT2D eigenvalue weighted by molar-refractivity contribution is 6.10. The Balaban J connectivity index is 2.18. The van der Waals surface area contributed by atoms with Gasteiger partial charge in [0, 0.05) is 5.39 Å². The van der Waals surface area contributed by atoms with Crippen LogP contribution in [0.3, 0.4) is 0 Å². The van der Waals surface area contributed by atoms with Gasteiger partial charge in [-0.2, -0.15) is 0 Å². The molecule has 4 rings (SSSR count). The molecule has 0 heterocycles. The maximum atomic E-state index is 6.07. The van der Waals surface area contributed by atoms with Crippen LogP contribution < -0.4 is 4.74 Å². The summed E-state index contributed by atoms with van der Waals surface area (Å²) in [5.41, 5.74) is 7.67. The van der Waals surface area contributed by atoms with E-state index >= 15 is 0 Å². The van der Waals surface area contributed by atoms with E-state index in [4.69, 9.17) is 4.74 Å². The van der Waals surface area contributed by atoms with Crippen molar-refractivity contribution in [3.63, 3.8) is 0 Å². The molecule has 4 aromatic rings. The molecule has 1 nitrogen and oxygen atoms in total. The number of rotatable bonds is 4. The molecule has 0 radical (unpaired) electrons. The first kappa shape index (κ1) is 17.4. The van der Waals surface area contributed by atoms with E-state index in [2.05, 4.69) is 92.7 Å². The highest BCUT2D eigenvalue weighted by Gasteiger charge is 2.19. The van der Waals surface area contributed by atoms with Gasteiger partial charge in [-0.3, -0.25) is 0 Å². The van der Waals surface area contributed by atoms with Crippen molar-refractivity contribution in [2.45, 2.75) is 20.8 Å². The second kappa shape index (κ2) is 7.28. The van der Waals surface area contributed by atoms with Crippen LogP contribution in [0.5, 0.6) is 5.75 Å². The molecular formula is C26H24O. The van der Waals surface area contributed by atoms with Gasteiger partial charge in [0.1, 0.15) is 5.75 Å². The third-order valence-corrected chi connectivity index (χ3v) is 5.28. The van der Waals surface area contributed by atoms with Crippen LogP contribution in [0.2, 0.25) is 0 Å². The summed E-state index contributed by atoms with van der Waals surface area (Å²) in [6.07, 6.45) is 0. The number of fused-ring (bicyclic) bond motifs is 1. The Kier molecular flexibility index (Phi) is 4.68. The summed E-state index contributed by atoms with van der Waals surface area (Å²) in [7, 11) is 0. The summed E-state index contributed by atoms with van der Waals surface area (Å²) in [5.74, 6) is 0.953. The minimum atomic E-state index is 0.654. The van der Waals surface area contributed by atoms with E-state index in [9.17, 15) is 0 Å². The zero-order valence-electron chi connectivity index (χ0n) is 16.1. The van der Waals surface area contributed by atoms with Gasteiger partial charge in [-0.25, -0.2) is 0 Å². The van der Waals surface area contributed by atoms with Crippen molar-refractivity contribution in [3.05, 3.63) is 90.0 Å². The molecule has 0 saturated carbocycles. The number of benzene rings is 4. The Labute approximate surface area is 161 Å². The van der Waals surface area contributed by atoms with Crippen molar-refractivity contribution < 1.29 is 4.74 Å². The van der Waals surface area contributed by atoms with Crippen LogP contribution in [0, 0.1) is 13.8 Å². The molecule has 27 heavy (non-hydrogen) atoms. The van der Waals surface area contributed by atoms with Gasteiger partial charge in [0.15, 0.2) is 0 Å². The Morgan fingerprint density at radius 2 is 1.19 bits per heavy atom. The highest BCUT2D eigenvalue weighted by Crippen LogP contribution is 2.44. The van der Waals surface area contributed by atoms with Gasteiger partial charge >= 0.3 is 0 Å². The third kappa shape index (κ3) is 3.00. The van der Waals surface area contributed by atoms with E-state index in [1.165, 1.54) is 44.2 Å². The van der Waals surface area contributed by atoms with Crippen LogP contribution in [0.15, 0.2) is 78.9 Å². The first-order chi connectivity index (χ1) is 13.2. The number of ether oxygens (including phenoxy) is 1. The van der Waals surface area contributed by atoms with Gasteiger partial charge < -0.3 is 4.74 Å². The molecule has 0 bridgehead atoms. The molecule has 0 aliphatic carbocycles. The minimum Gasteiger partial charge on any atom is -0.493 e. The predicted octanol–water partition coefficient (Wildman–Crippen LogP) is 7.19. The quantitative estimate of drug-likeness (QED) is 0.378. The molecule has 0 amide bonds. The summed E-state index contributed by atoms with van der Waals surface area (Å²) in [6, 6.07) is 27.7. The van der Waals surface area contributed by atoms with Gasteiger partial charge in [-0.15, -0.1) is 0 Å². The Morgan fingerprint density at radius 3 is 1.78 bits per heavy atom. The van der Waals surface area contributed by atoms with E-state index in [0.717, 1.165) is 5.75 Å². The van der Waals surface area contributed by atoms with Crippen LogP contribution in [0.1, 0.15) is 18.1 Å². The molecule has 4 aromatic carbocycles. The normalized spacial score (nSPS) is 10.9. The maximum absolute atomic E-state index is 6.07. The van der Waals surface area contributed by atoms with Gasteiger partial charge in [0.25, 0.3) is 0 Å². The molecule has 0 fully saturated rings. The highest BCUT2D eigenvalue weighted by atomic mass is 16.5. The van der Waals surface area contributed by atoms with E-state index in [-0.39, 0.29) is 0 Å². The largest absolute Gasteiger partial charge is 0.493 e. The number of hydrogen-bond donors (Lipinski definition) is 0. The smallest absolute Gasteiger partial charge is 0.127 e. The lowest BCUT2D eigenvalue weighted by atomic mass is 9.84. The standard InChI is InChI=1S/C26H24O/c1-4-27-23-17-11-16-22-24(20-12-7-5-8-13-20)18(2)19(3)25(26(22)23)21-14-9-6-10-15-21/h5-17H,4H2,1-3H3. The van der Waals surface area contributed by atoms with Crippen molar-refractivity contribution in [1.29, 1.82) is 0 Å². The minimum absolute atomic E-state index is 0.654. The summed E-state index contributed by atoms with van der Waals surface area (Å²) in [5, 5.41) is 2.45. The molecule has 0 atom stereocenters. The fraction of sp³-hybridized carbons (Fsp3) is 0.154. The van der Waals surface area contributed by atoms with Crippen LogP contribution >= 0.6 is 0 Å². The summed E-state index contributed by atoms with van der Waals surface area (Å²) < 4.78 is 6.07. The Bertz CT molecular complexity index is 1080. The molecule has 0 spiro atoms. The zero-order chi connectivity index (χ0) is 18.8. The van der Waals surface area contributed by atoms with Crippen LogP contribution in [-0.2, 0) is 0 Å². The lowest BCUT2D eigenvalue weighted by molar-refractivity contribution is 0.344. The topological polar surface area (TPSA) is 9.23 Å². The van der Waals surface area contributed by atoms with E-state index in [1.54, 1.807) is 0 Å². The zero-order valence-corrected chi connectivity index (χ0v) is 16.1. The van der Waals surface area contributed by atoms with E-state index < -0.39 is 0 Å². The van der Waals surface area contributed by atoms with Crippen molar-refractivity contribution in [2.75, 3.05) is 6.61 Å². The first-order valence-corrected chi connectivity index (χ1v) is 9.52. The molecule has 1 heteroatoms. The molecule has 0 saturated heterocycles. The fourth-order valence-corrected chi connectivity index (χ4v) is 3.98. The van der Waals surface area contributed by atoms with Crippen molar-refractivity contribution in [1.82, 2.24) is 0 Å². The predicted molar refractivity (Wildman–Crippen MR) is 115 cm³/mol. The lowest BCUT2D eigenvalue weighted by Crippen LogP contribution is -1.99. The van der Waals surface area contributed by atoms with Gasteiger partial charge in [0.05, 0.1) is 6.61 Å². The molecule has 0 aromatic heterocycles. The molecule has 0 aliphatic heterocycles. The number of hydrogen-bond acceptors (Lipinski definition) is 1. The Morgan fingerprint density at radius 1 is 0.630 bits per heavy atom. The first-order valence-electron chi connectivity index (χ1n) is 9.52. The van der Waals surface area contributed by atoms with E-state index in [0.29, 0.717) is 6.61 Å². The molecular weight excluding hydrogens is 328 g/mol. The van der Waals surface area contributed by atoms with Crippen LogP contribution in [0.4, 0.5) is 0 Å². The molecule has 134 valence electrons. The molecule has 0 N–H and O–H groups in total. The summed E-state index contributed by atoms with van der Waals surface area (Å²) in [6.45, 7) is 7.16.